The van der Waals surface area contributed by atoms with Crippen molar-refractivity contribution < 1.29 is 8.78 Å². The molecule has 1 aliphatic heterocycles. The van der Waals surface area contributed by atoms with Crippen LogP contribution in [0.2, 0.25) is 0 Å². The molecule has 1 aromatic heterocycles. The molecule has 2 N–H and O–H groups in total. The van der Waals surface area contributed by atoms with Crippen LogP contribution in [0.15, 0.2) is 66.7 Å². The van der Waals surface area contributed by atoms with E-state index in [9.17, 15) is 8.78 Å². The number of nitrogens with zero attached hydrogens (tertiary/aromatic N) is 3. The van der Waals surface area contributed by atoms with Crippen LogP contribution < -0.4 is 5.32 Å². The first-order chi connectivity index (χ1) is 18.6. The first-order valence-electron chi connectivity index (χ1n) is 13.4. The normalized spacial score (nSPS) is 16.2. The lowest BCUT2D eigenvalue weighted by Crippen LogP contribution is -2.33. The molecule has 4 aromatic rings. The number of piperidine rings is 1. The number of benzene rings is 3. The second-order valence-corrected chi connectivity index (χ2v) is 10.3. The predicted molar refractivity (Wildman–Crippen MR) is 150 cm³/mol. The lowest BCUT2D eigenvalue weighted by atomic mass is 9.95. The van der Waals surface area contributed by atoms with Gasteiger partial charge in [-0.15, -0.1) is 0 Å². The second-order valence-electron chi connectivity index (χ2n) is 10.3. The molecule has 1 aliphatic carbocycles. The number of nitrogens with one attached hydrogen (secondary N) is 2. The zero-order valence-electron chi connectivity index (χ0n) is 21.8. The largest absolute Gasteiger partial charge is 0.388 e. The first-order valence-corrected chi connectivity index (χ1v) is 13.4. The van der Waals surface area contributed by atoms with Gasteiger partial charge in [-0.25, -0.2) is 13.8 Å². The molecule has 0 bridgehead atoms. The van der Waals surface area contributed by atoms with Gasteiger partial charge < -0.3 is 15.3 Å². The fourth-order valence-electron chi connectivity index (χ4n) is 5.26. The zero-order valence-corrected chi connectivity index (χ0v) is 21.8. The van der Waals surface area contributed by atoms with Crippen molar-refractivity contribution in [1.82, 2.24) is 14.5 Å². The molecular weight excluding hydrogens is 480 g/mol. The van der Waals surface area contributed by atoms with Crippen LogP contribution in [0.5, 0.6) is 0 Å². The van der Waals surface area contributed by atoms with Crippen molar-refractivity contribution in [3.05, 3.63) is 95.3 Å². The number of likely N-dealkylation sites (tertiary alicyclic amines) is 1. The minimum Gasteiger partial charge on any atom is -0.388 e. The number of anilines is 1. The zero-order chi connectivity index (χ0) is 26.5. The van der Waals surface area contributed by atoms with Crippen molar-refractivity contribution in [2.24, 2.45) is 5.92 Å². The molecule has 2 aliphatic rings. The van der Waals surface area contributed by atoms with Crippen LogP contribution in [-0.2, 0) is 13.1 Å². The van der Waals surface area contributed by atoms with E-state index in [0.717, 1.165) is 49.5 Å². The smallest absolute Gasteiger partial charge is 0.129 e. The van der Waals surface area contributed by atoms with E-state index in [2.05, 4.69) is 39.0 Å². The van der Waals surface area contributed by atoms with Crippen LogP contribution in [0.1, 0.15) is 48.6 Å². The number of para-hydroxylation sites is 2. The topological polar surface area (TPSA) is 56.9 Å². The minimum atomic E-state index is -0.205. The third-order valence-corrected chi connectivity index (χ3v) is 7.54. The first kappa shape index (κ1) is 26.0. The van der Waals surface area contributed by atoms with E-state index < -0.39 is 0 Å². The van der Waals surface area contributed by atoms with Gasteiger partial charge in [0.25, 0.3) is 0 Å². The fourth-order valence-corrected chi connectivity index (χ4v) is 5.26. The van der Waals surface area contributed by atoms with Crippen molar-refractivity contribution in [2.45, 2.75) is 44.7 Å². The van der Waals surface area contributed by atoms with Crippen molar-refractivity contribution in [2.75, 3.05) is 25.5 Å². The molecule has 1 saturated carbocycles. The average molecular weight is 516 g/mol. The van der Waals surface area contributed by atoms with Crippen LogP contribution in [-0.4, -0.2) is 40.8 Å². The molecule has 3 aromatic carbocycles. The highest BCUT2D eigenvalue weighted by atomic mass is 19.1. The summed E-state index contributed by atoms with van der Waals surface area (Å²) in [4.78, 5) is 7.36. The van der Waals surface area contributed by atoms with Gasteiger partial charge in [-0.2, -0.15) is 0 Å². The van der Waals surface area contributed by atoms with Gasteiger partial charge in [0.1, 0.15) is 17.5 Å². The van der Waals surface area contributed by atoms with E-state index in [1.54, 1.807) is 31.3 Å². The van der Waals surface area contributed by atoms with Crippen molar-refractivity contribution in [1.29, 1.82) is 5.41 Å². The van der Waals surface area contributed by atoms with Crippen LogP contribution in [0.4, 0.5) is 14.5 Å². The summed E-state index contributed by atoms with van der Waals surface area (Å²) in [7, 11) is 1.75. The molecule has 0 unspecified atom stereocenters. The number of halogens is 2. The van der Waals surface area contributed by atoms with Gasteiger partial charge in [0.15, 0.2) is 0 Å². The lowest BCUT2D eigenvalue weighted by molar-refractivity contribution is 0.198. The molecule has 2 fully saturated rings. The Morgan fingerprint density at radius 3 is 2.32 bits per heavy atom. The Morgan fingerprint density at radius 2 is 1.68 bits per heavy atom. The van der Waals surface area contributed by atoms with E-state index in [0.29, 0.717) is 23.7 Å². The molecule has 0 spiro atoms. The molecule has 7 heteroatoms. The Kier molecular flexibility index (Phi) is 8.13. The Morgan fingerprint density at radius 1 is 0.974 bits per heavy atom. The summed E-state index contributed by atoms with van der Waals surface area (Å²) in [5.41, 5.74) is 4.41. The highest BCUT2D eigenvalue weighted by Gasteiger charge is 2.29. The number of hydrogen-bond acceptors (Lipinski definition) is 4. The van der Waals surface area contributed by atoms with Crippen molar-refractivity contribution in [3.8, 4) is 0 Å². The maximum Gasteiger partial charge on any atom is 0.129 e. The maximum atomic E-state index is 14.6. The molecule has 0 amide bonds. The molecule has 2 heterocycles. The van der Waals surface area contributed by atoms with E-state index in [-0.39, 0.29) is 11.6 Å². The molecule has 0 atom stereocenters. The summed E-state index contributed by atoms with van der Waals surface area (Å²) < 4.78 is 29.0. The molecule has 5 nitrogen and oxygen atoms in total. The Bertz CT molecular complexity index is 1370. The number of rotatable bonds is 7. The Labute approximate surface area is 223 Å². The standard InChI is InChI=1S/C25H30FN5.C6H5F/c1-28-23-13-21(26)20(12-19(23)14-27)16-30-10-8-18(9-11-30)25-29-22-4-2-3-5-24(22)31(25)15-17-6-7-17;7-6-4-2-1-3-5-6/h2-5,12-14,17-18,27-28H,6-11,15-16H2,1H3;1-5H. The van der Waals surface area contributed by atoms with Crippen LogP contribution in [0.3, 0.4) is 0 Å². The van der Waals surface area contributed by atoms with Gasteiger partial charge in [0, 0.05) is 49.1 Å². The molecule has 0 radical (unpaired) electrons. The van der Waals surface area contributed by atoms with E-state index >= 15 is 0 Å². The van der Waals surface area contributed by atoms with Crippen LogP contribution in [0.25, 0.3) is 11.0 Å². The monoisotopic (exact) mass is 515 g/mol. The highest BCUT2D eigenvalue weighted by Crippen LogP contribution is 2.36. The number of imidazole rings is 1. The Balaban J connectivity index is 0.000000366. The molecular formula is C31H35F2N5. The third kappa shape index (κ3) is 6.10. The van der Waals surface area contributed by atoms with Crippen LogP contribution in [0, 0.1) is 23.0 Å². The van der Waals surface area contributed by atoms with Crippen molar-refractivity contribution in [3.63, 3.8) is 0 Å². The van der Waals surface area contributed by atoms with E-state index in [1.807, 2.05) is 0 Å². The van der Waals surface area contributed by atoms with Gasteiger partial charge in [0.2, 0.25) is 0 Å². The maximum absolute atomic E-state index is 14.6. The Hall–Kier alpha value is -3.58. The summed E-state index contributed by atoms with van der Waals surface area (Å²) in [5.74, 6) is 2.12. The highest BCUT2D eigenvalue weighted by molar-refractivity contribution is 5.86. The minimum absolute atomic E-state index is 0.178. The summed E-state index contributed by atoms with van der Waals surface area (Å²) in [6.07, 6.45) is 6.04. The molecule has 1 saturated heterocycles. The molecule has 38 heavy (non-hydrogen) atoms. The second kappa shape index (κ2) is 11.9. The number of fused-ring (bicyclic) bond motifs is 1. The SMILES string of the molecule is CNc1cc(F)c(CN2CCC(c3nc4ccccc4n3CC3CC3)CC2)cc1C=N.Fc1ccccc1. The number of hydrogen-bond donors (Lipinski definition) is 2. The van der Waals surface area contributed by atoms with Gasteiger partial charge in [-0.3, -0.25) is 4.90 Å². The van der Waals surface area contributed by atoms with E-state index in [4.69, 9.17) is 10.4 Å². The van der Waals surface area contributed by atoms with Crippen molar-refractivity contribution >= 4 is 22.9 Å². The quantitative estimate of drug-likeness (QED) is 0.265. The van der Waals surface area contributed by atoms with E-state index in [1.165, 1.54) is 48.6 Å². The lowest BCUT2D eigenvalue weighted by Gasteiger charge is -2.32. The summed E-state index contributed by atoms with van der Waals surface area (Å²) in [6.45, 7) is 3.54. The molecule has 198 valence electrons. The fraction of sp³-hybridized carbons (Fsp3) is 0.355. The van der Waals surface area contributed by atoms with Gasteiger partial charge in [0.05, 0.1) is 11.0 Å². The predicted octanol–water partition coefficient (Wildman–Crippen LogP) is 6.83. The molecule has 6 rings (SSSR count). The summed E-state index contributed by atoms with van der Waals surface area (Å²) in [5, 5.41) is 10.6. The third-order valence-electron chi connectivity index (χ3n) is 7.54. The average Bonchev–Trinajstić information content (AvgIpc) is 3.70. The van der Waals surface area contributed by atoms with Gasteiger partial charge in [-0.05, 0) is 81.1 Å². The summed E-state index contributed by atoms with van der Waals surface area (Å²) >= 11 is 0. The van der Waals surface area contributed by atoms with Gasteiger partial charge in [-0.1, -0.05) is 30.3 Å². The van der Waals surface area contributed by atoms with Crippen LogP contribution >= 0.6 is 0 Å². The summed E-state index contributed by atoms with van der Waals surface area (Å²) in [6, 6.07) is 19.7. The van der Waals surface area contributed by atoms with Gasteiger partial charge >= 0.3 is 0 Å². The number of aromatic nitrogens is 2.